The number of carboxylic acids is 1. The molecule has 9 nitrogen and oxygen atoms in total. The third-order valence-corrected chi connectivity index (χ3v) is 7.60. The van der Waals surface area contributed by atoms with Gasteiger partial charge in [0, 0.05) is 55.8 Å². The quantitative estimate of drug-likeness (QED) is 0.555. The molecule has 0 spiro atoms. The van der Waals surface area contributed by atoms with Crippen LogP contribution in [0, 0.1) is 18.8 Å². The van der Waals surface area contributed by atoms with Crippen LogP contribution in [-0.4, -0.2) is 83.0 Å². The molecule has 0 radical (unpaired) electrons. The first-order chi connectivity index (χ1) is 15.3. The second kappa shape index (κ2) is 9.38. The van der Waals surface area contributed by atoms with Crippen molar-refractivity contribution in [2.75, 3.05) is 36.0 Å². The molecule has 172 valence electrons. The third kappa shape index (κ3) is 4.56. The van der Waals surface area contributed by atoms with E-state index in [0.717, 1.165) is 25.9 Å². The van der Waals surface area contributed by atoms with Gasteiger partial charge in [-0.15, -0.1) is 0 Å². The second-order valence-corrected chi connectivity index (χ2v) is 9.51. The summed E-state index contributed by atoms with van der Waals surface area (Å²) in [6.45, 7) is 4.84. The molecule has 0 aromatic carbocycles. The number of aromatic amines is 1. The Morgan fingerprint density at radius 1 is 1.09 bits per heavy atom. The molecule has 12 heteroatoms. The number of carbonyl (C=O) groups is 2. The van der Waals surface area contributed by atoms with E-state index < -0.39 is 5.97 Å². The van der Waals surface area contributed by atoms with Crippen LogP contribution < -0.4 is 15.1 Å². The molecular formula is C21H25Cl2LiN6O3. The molecule has 1 unspecified atom stereocenters. The van der Waals surface area contributed by atoms with Crippen LogP contribution in [0.1, 0.15) is 45.9 Å². The maximum absolute atomic E-state index is 12.6. The van der Waals surface area contributed by atoms with Crippen LogP contribution in [0.5, 0.6) is 0 Å². The Morgan fingerprint density at radius 3 is 2.33 bits per heavy atom. The standard InChI is InChI=1S/C21H24Cl2N6O3.Li.H/c1-10-15(22)16(23)18(24-10)19(30)27-17-11-8-29(9-12(11)17)14-7-13(20(31)32)25-21(26-14)28-5-3-2-4-6-28;;/h7,11-12,17,24H,2-6,8-9H2,1H3,(H,27,30)(H,31,32);;/t11-,12+,17?;;. The number of aromatic nitrogens is 3. The number of amides is 1. The Bertz CT molecular complexity index is 1080. The molecule has 1 aliphatic carbocycles. The Balaban J connectivity index is 0.00000259. The predicted octanol–water partition coefficient (Wildman–Crippen LogP) is 2.32. The number of carbonyl (C=O) groups excluding carboxylic acids is 1. The van der Waals surface area contributed by atoms with Crippen LogP contribution in [0.25, 0.3) is 0 Å². The molecular weight excluding hydrogens is 462 g/mol. The van der Waals surface area contributed by atoms with Crippen LogP contribution in [0.2, 0.25) is 10.0 Å². The van der Waals surface area contributed by atoms with Gasteiger partial charge in [0.2, 0.25) is 5.95 Å². The van der Waals surface area contributed by atoms with Crippen molar-refractivity contribution in [1.82, 2.24) is 20.3 Å². The molecule has 33 heavy (non-hydrogen) atoms. The van der Waals surface area contributed by atoms with Crippen molar-refractivity contribution in [3.63, 3.8) is 0 Å². The molecule has 4 heterocycles. The minimum absolute atomic E-state index is 0. The number of aryl methyl sites for hydroxylation is 1. The fourth-order valence-corrected chi connectivity index (χ4v) is 5.22. The summed E-state index contributed by atoms with van der Waals surface area (Å²) in [7, 11) is 0. The van der Waals surface area contributed by atoms with Crippen molar-refractivity contribution in [1.29, 1.82) is 0 Å². The first kappa shape index (κ1) is 24.2. The van der Waals surface area contributed by atoms with Crippen molar-refractivity contribution in [3.05, 3.63) is 33.2 Å². The van der Waals surface area contributed by atoms with Crippen molar-refractivity contribution in [3.8, 4) is 0 Å². The summed E-state index contributed by atoms with van der Waals surface area (Å²) in [6.07, 6.45) is 3.28. The average molecular weight is 487 g/mol. The molecule has 2 aliphatic heterocycles. The van der Waals surface area contributed by atoms with Gasteiger partial charge in [0.1, 0.15) is 11.5 Å². The van der Waals surface area contributed by atoms with Crippen molar-refractivity contribution in [2.24, 2.45) is 11.8 Å². The summed E-state index contributed by atoms with van der Waals surface area (Å²) in [5.41, 5.74) is 0.949. The van der Waals surface area contributed by atoms with E-state index in [4.69, 9.17) is 23.2 Å². The summed E-state index contributed by atoms with van der Waals surface area (Å²) < 4.78 is 0. The number of halogens is 2. The molecule has 3 fully saturated rings. The summed E-state index contributed by atoms with van der Waals surface area (Å²) in [6, 6.07) is 1.59. The van der Waals surface area contributed by atoms with Crippen molar-refractivity contribution >= 4 is 65.7 Å². The molecule has 1 saturated carbocycles. The van der Waals surface area contributed by atoms with Crippen molar-refractivity contribution < 1.29 is 14.7 Å². The van der Waals surface area contributed by atoms with Gasteiger partial charge in [-0.05, 0) is 26.2 Å². The molecule has 2 aromatic rings. The van der Waals surface area contributed by atoms with E-state index in [0.29, 0.717) is 35.6 Å². The van der Waals surface area contributed by atoms with Gasteiger partial charge in [0.05, 0.1) is 10.0 Å². The van der Waals surface area contributed by atoms with Gasteiger partial charge in [-0.25, -0.2) is 9.78 Å². The van der Waals surface area contributed by atoms with E-state index >= 15 is 0 Å². The number of fused-ring (bicyclic) bond motifs is 1. The summed E-state index contributed by atoms with van der Waals surface area (Å²) in [4.78, 5) is 40.3. The predicted molar refractivity (Wildman–Crippen MR) is 128 cm³/mol. The number of nitrogens with one attached hydrogen (secondary N) is 2. The monoisotopic (exact) mass is 486 g/mol. The first-order valence-electron chi connectivity index (χ1n) is 10.8. The molecule has 1 amide bonds. The topological polar surface area (TPSA) is 114 Å². The number of hydrogen-bond acceptors (Lipinski definition) is 6. The normalized spacial score (nSPS) is 23.7. The molecule has 3 atom stereocenters. The minimum atomic E-state index is -1.06. The van der Waals surface area contributed by atoms with E-state index in [1.807, 2.05) is 0 Å². The Hall–Kier alpha value is -1.92. The third-order valence-electron chi connectivity index (χ3n) is 6.66. The second-order valence-electron chi connectivity index (χ2n) is 8.75. The van der Waals surface area contributed by atoms with E-state index in [9.17, 15) is 14.7 Å². The Morgan fingerprint density at radius 2 is 1.76 bits per heavy atom. The molecule has 3 N–H and O–H groups in total. The van der Waals surface area contributed by atoms with Crippen LogP contribution in [0.15, 0.2) is 6.07 Å². The van der Waals surface area contributed by atoms with Gasteiger partial charge in [-0.2, -0.15) is 4.98 Å². The summed E-state index contributed by atoms with van der Waals surface area (Å²) >= 11 is 12.2. The molecule has 2 saturated heterocycles. The number of piperidine rings is 2. The Kier molecular flexibility index (Phi) is 6.88. The number of carboxylic acid groups (broad SMARTS) is 1. The van der Waals surface area contributed by atoms with Crippen LogP contribution >= 0.6 is 23.2 Å². The van der Waals surface area contributed by atoms with E-state index in [1.54, 1.807) is 6.92 Å². The first-order valence-corrected chi connectivity index (χ1v) is 11.6. The van der Waals surface area contributed by atoms with E-state index in [-0.39, 0.29) is 59.1 Å². The summed E-state index contributed by atoms with van der Waals surface area (Å²) in [5.74, 6) is 0.359. The molecule has 0 bridgehead atoms. The maximum atomic E-state index is 12.6. The number of H-pyrrole nitrogens is 1. The zero-order valence-electron chi connectivity index (χ0n) is 17.6. The number of anilines is 2. The number of nitrogens with zero attached hydrogens (tertiary/aromatic N) is 4. The number of hydrogen-bond donors (Lipinski definition) is 3. The number of aromatic carboxylic acids is 1. The fraction of sp³-hybridized carbons (Fsp3) is 0.524. The molecule has 5 rings (SSSR count). The number of rotatable bonds is 5. The summed E-state index contributed by atoms with van der Waals surface area (Å²) in [5, 5.41) is 13.2. The fourth-order valence-electron chi connectivity index (χ4n) is 4.81. The van der Waals surface area contributed by atoms with Crippen molar-refractivity contribution in [2.45, 2.75) is 32.2 Å². The molecule has 2 aromatic heterocycles. The van der Waals surface area contributed by atoms with Crippen LogP contribution in [-0.2, 0) is 0 Å². The van der Waals surface area contributed by atoms with E-state index in [2.05, 4.69) is 30.1 Å². The zero-order valence-corrected chi connectivity index (χ0v) is 19.1. The van der Waals surface area contributed by atoms with Gasteiger partial charge < -0.3 is 25.2 Å². The van der Waals surface area contributed by atoms with Gasteiger partial charge >= 0.3 is 24.8 Å². The zero-order chi connectivity index (χ0) is 22.6. The van der Waals surface area contributed by atoms with E-state index in [1.165, 1.54) is 12.5 Å². The SMILES string of the molecule is Cc1[nH]c(C(=O)NC2[C@H]3CN(c4cc(C(=O)O)nc(N5CCCCC5)n4)C[C@@H]23)c(Cl)c1Cl.[LiH]. The van der Waals surface area contributed by atoms with Gasteiger partial charge in [-0.3, -0.25) is 4.79 Å². The van der Waals surface area contributed by atoms with Gasteiger partial charge in [-0.1, -0.05) is 23.2 Å². The average Bonchev–Trinajstić information content (AvgIpc) is 3.11. The van der Waals surface area contributed by atoms with Crippen LogP contribution in [0.3, 0.4) is 0 Å². The van der Waals surface area contributed by atoms with Gasteiger partial charge in [0.25, 0.3) is 5.91 Å². The van der Waals surface area contributed by atoms with Crippen LogP contribution in [0.4, 0.5) is 11.8 Å². The Labute approximate surface area is 213 Å². The molecule has 3 aliphatic rings. The van der Waals surface area contributed by atoms with Gasteiger partial charge in [0.15, 0.2) is 5.69 Å².